The molecule has 2 aromatic carbocycles. The van der Waals surface area contributed by atoms with Crippen molar-refractivity contribution in [3.63, 3.8) is 0 Å². The summed E-state index contributed by atoms with van der Waals surface area (Å²) in [6.07, 6.45) is -0.482. The molecule has 128 valence electrons. The summed E-state index contributed by atoms with van der Waals surface area (Å²) in [5.74, 6) is 0.603. The van der Waals surface area contributed by atoms with Crippen LogP contribution in [0.25, 0.3) is 22.4 Å². The number of nitrogen functional groups attached to an aromatic ring is 1. The Morgan fingerprint density at radius 3 is 2.52 bits per heavy atom. The van der Waals surface area contributed by atoms with Gasteiger partial charge >= 0.3 is 6.09 Å². The summed E-state index contributed by atoms with van der Waals surface area (Å²) in [4.78, 5) is 19.5. The molecule has 0 atom stereocenters. The topological polar surface area (TPSA) is 93.0 Å². The Bertz CT molecular complexity index is 1020. The average molecular weight is 377 g/mol. The Morgan fingerprint density at radius 1 is 1.16 bits per heavy atom. The molecule has 1 aliphatic rings. The molecular formula is C17H14Cl2N4O2. The van der Waals surface area contributed by atoms with E-state index in [1.165, 1.54) is 0 Å². The van der Waals surface area contributed by atoms with Gasteiger partial charge in [0.15, 0.2) is 0 Å². The van der Waals surface area contributed by atoms with Gasteiger partial charge in [0.2, 0.25) is 0 Å². The molecule has 0 saturated heterocycles. The fourth-order valence-corrected chi connectivity index (χ4v) is 3.43. The molecule has 0 aliphatic carbocycles. The van der Waals surface area contributed by atoms with Crippen LogP contribution in [0.3, 0.4) is 0 Å². The van der Waals surface area contributed by atoms with E-state index >= 15 is 0 Å². The fourth-order valence-electron chi connectivity index (χ4n) is 2.94. The quantitative estimate of drug-likeness (QED) is 0.525. The van der Waals surface area contributed by atoms with Crippen LogP contribution in [0.4, 0.5) is 16.2 Å². The highest BCUT2D eigenvalue weighted by Gasteiger charge is 2.34. The second-order valence-corrected chi connectivity index (χ2v) is 7.19. The van der Waals surface area contributed by atoms with Crippen LogP contribution >= 0.6 is 23.2 Å². The van der Waals surface area contributed by atoms with E-state index in [0.29, 0.717) is 32.8 Å². The fraction of sp³-hybridized carbons (Fsp3) is 0.176. The maximum atomic E-state index is 11.7. The monoisotopic (exact) mass is 376 g/mol. The number of rotatable bonds is 1. The van der Waals surface area contributed by atoms with E-state index in [9.17, 15) is 4.79 Å². The molecule has 8 heteroatoms. The molecule has 0 unspecified atom stereocenters. The predicted molar refractivity (Wildman–Crippen MR) is 99.1 cm³/mol. The minimum atomic E-state index is -0.731. The molecule has 2 heterocycles. The van der Waals surface area contributed by atoms with E-state index in [1.54, 1.807) is 12.1 Å². The highest BCUT2D eigenvalue weighted by molar-refractivity contribution is 6.39. The summed E-state index contributed by atoms with van der Waals surface area (Å²) in [6, 6.07) is 7.14. The lowest BCUT2D eigenvalue weighted by atomic mass is 9.94. The van der Waals surface area contributed by atoms with Crippen LogP contribution in [0.15, 0.2) is 24.3 Å². The highest BCUT2D eigenvalue weighted by atomic mass is 35.5. The number of nitrogens with two attached hydrogens (primary N) is 1. The number of cyclic esters (lactones) is 1. The van der Waals surface area contributed by atoms with E-state index in [1.807, 2.05) is 26.0 Å². The van der Waals surface area contributed by atoms with Crippen LogP contribution < -0.4 is 11.1 Å². The summed E-state index contributed by atoms with van der Waals surface area (Å²) < 4.78 is 5.35. The number of H-pyrrole nitrogens is 1. The van der Waals surface area contributed by atoms with Crippen LogP contribution in [0, 0.1) is 0 Å². The molecule has 4 N–H and O–H groups in total. The number of anilines is 2. The molecule has 1 amide bonds. The van der Waals surface area contributed by atoms with E-state index in [4.69, 9.17) is 33.7 Å². The van der Waals surface area contributed by atoms with E-state index in [0.717, 1.165) is 16.6 Å². The summed E-state index contributed by atoms with van der Waals surface area (Å²) in [6.45, 7) is 3.68. The lowest BCUT2D eigenvalue weighted by Crippen LogP contribution is -2.34. The SMILES string of the molecule is CC1(C)OC(=O)Nc2cc3nc(-c4cc(Cl)c(N)c(Cl)c4)[nH]c3cc21. The van der Waals surface area contributed by atoms with Gasteiger partial charge in [-0.2, -0.15) is 0 Å². The number of nitrogens with one attached hydrogen (secondary N) is 2. The maximum absolute atomic E-state index is 11.7. The number of hydrogen-bond donors (Lipinski definition) is 3. The number of fused-ring (bicyclic) bond motifs is 2. The molecule has 1 aromatic heterocycles. The van der Waals surface area contributed by atoms with E-state index < -0.39 is 11.7 Å². The van der Waals surface area contributed by atoms with Gasteiger partial charge in [-0.3, -0.25) is 5.32 Å². The van der Waals surface area contributed by atoms with Crippen molar-refractivity contribution in [3.05, 3.63) is 39.9 Å². The summed E-state index contributed by atoms with van der Waals surface area (Å²) in [5, 5.41) is 3.44. The Labute approximate surface area is 153 Å². The Balaban J connectivity index is 1.88. The van der Waals surface area contributed by atoms with Gasteiger partial charge in [0.05, 0.1) is 32.5 Å². The Hall–Kier alpha value is -2.44. The lowest BCUT2D eigenvalue weighted by molar-refractivity contribution is 0.0421. The number of halogens is 2. The average Bonchev–Trinajstić information content (AvgIpc) is 2.92. The van der Waals surface area contributed by atoms with Crippen molar-refractivity contribution in [1.82, 2.24) is 9.97 Å². The second kappa shape index (κ2) is 5.28. The first-order valence-electron chi connectivity index (χ1n) is 7.54. The molecule has 0 bridgehead atoms. The van der Waals surface area contributed by atoms with Crippen LogP contribution in [-0.4, -0.2) is 16.1 Å². The normalized spacial score (nSPS) is 15.6. The van der Waals surface area contributed by atoms with Crippen molar-refractivity contribution in [3.8, 4) is 11.4 Å². The van der Waals surface area contributed by atoms with Crippen molar-refractivity contribution in [2.75, 3.05) is 11.1 Å². The van der Waals surface area contributed by atoms with Crippen LogP contribution in [0.1, 0.15) is 19.4 Å². The lowest BCUT2D eigenvalue weighted by Gasteiger charge is -2.32. The highest BCUT2D eigenvalue weighted by Crippen LogP contribution is 2.39. The van der Waals surface area contributed by atoms with Crippen molar-refractivity contribution in [2.45, 2.75) is 19.4 Å². The molecule has 25 heavy (non-hydrogen) atoms. The summed E-state index contributed by atoms with van der Waals surface area (Å²) in [7, 11) is 0. The minimum Gasteiger partial charge on any atom is -0.438 e. The first kappa shape index (κ1) is 16.1. The smallest absolute Gasteiger partial charge is 0.412 e. The number of carbonyl (C=O) groups is 1. The van der Waals surface area contributed by atoms with Gasteiger partial charge in [0, 0.05) is 11.1 Å². The number of amides is 1. The van der Waals surface area contributed by atoms with Gasteiger partial charge < -0.3 is 15.5 Å². The molecule has 4 rings (SSSR count). The summed E-state index contributed by atoms with van der Waals surface area (Å²) in [5.41, 5.74) is 9.16. The van der Waals surface area contributed by atoms with Gasteiger partial charge in [-0.25, -0.2) is 9.78 Å². The van der Waals surface area contributed by atoms with Crippen LogP contribution in [0.2, 0.25) is 10.0 Å². The number of imidazole rings is 1. The van der Waals surface area contributed by atoms with E-state index in [-0.39, 0.29) is 0 Å². The third-order valence-corrected chi connectivity index (χ3v) is 4.83. The van der Waals surface area contributed by atoms with Gasteiger partial charge in [0.1, 0.15) is 11.4 Å². The van der Waals surface area contributed by atoms with Crippen molar-refractivity contribution in [1.29, 1.82) is 0 Å². The maximum Gasteiger partial charge on any atom is 0.412 e. The molecular weight excluding hydrogens is 363 g/mol. The first-order valence-corrected chi connectivity index (χ1v) is 8.29. The van der Waals surface area contributed by atoms with Crippen molar-refractivity contribution < 1.29 is 9.53 Å². The van der Waals surface area contributed by atoms with Gasteiger partial charge in [0.25, 0.3) is 0 Å². The number of ether oxygens (including phenoxy) is 1. The number of benzene rings is 2. The first-order chi connectivity index (χ1) is 11.7. The molecule has 0 saturated carbocycles. The molecule has 3 aromatic rings. The second-order valence-electron chi connectivity index (χ2n) is 6.38. The van der Waals surface area contributed by atoms with Crippen molar-refractivity contribution in [2.24, 2.45) is 0 Å². The third kappa shape index (κ3) is 2.58. The number of aromatic amines is 1. The molecule has 1 aliphatic heterocycles. The Kier molecular flexibility index (Phi) is 3.39. The number of nitrogens with zero attached hydrogens (tertiary/aromatic N) is 1. The zero-order chi connectivity index (χ0) is 17.9. The largest absolute Gasteiger partial charge is 0.438 e. The Morgan fingerprint density at radius 2 is 1.84 bits per heavy atom. The zero-order valence-electron chi connectivity index (χ0n) is 13.4. The third-order valence-electron chi connectivity index (χ3n) is 4.21. The predicted octanol–water partition coefficient (Wildman–Crippen LogP) is 4.92. The zero-order valence-corrected chi connectivity index (χ0v) is 14.9. The van der Waals surface area contributed by atoms with Gasteiger partial charge in [-0.1, -0.05) is 23.2 Å². The molecule has 6 nitrogen and oxygen atoms in total. The number of hydrogen-bond acceptors (Lipinski definition) is 4. The molecule has 0 spiro atoms. The molecule has 0 radical (unpaired) electrons. The standard InChI is InChI=1S/C17H14Cl2N4O2/c1-17(2)8-5-12-13(6-11(8)23-16(24)25-17)22-15(21-12)7-3-9(18)14(20)10(19)4-7/h3-6H,20H2,1-2H3,(H,21,22)(H,23,24). The van der Waals surface area contributed by atoms with Gasteiger partial charge in [-0.15, -0.1) is 0 Å². The van der Waals surface area contributed by atoms with Gasteiger partial charge in [-0.05, 0) is 38.1 Å². The minimum absolute atomic E-state index is 0.334. The van der Waals surface area contributed by atoms with Crippen LogP contribution in [-0.2, 0) is 10.3 Å². The van der Waals surface area contributed by atoms with E-state index in [2.05, 4.69) is 15.3 Å². The number of aromatic nitrogens is 2. The van der Waals surface area contributed by atoms with Crippen LogP contribution in [0.5, 0.6) is 0 Å². The number of carbonyl (C=O) groups excluding carboxylic acids is 1. The molecule has 0 fully saturated rings. The van der Waals surface area contributed by atoms with Crippen molar-refractivity contribution >= 4 is 51.7 Å². The summed E-state index contributed by atoms with van der Waals surface area (Å²) >= 11 is 12.2.